The summed E-state index contributed by atoms with van der Waals surface area (Å²) in [6.45, 7) is 13.5. The Balaban J connectivity index is 2.08. The summed E-state index contributed by atoms with van der Waals surface area (Å²) in [6, 6.07) is 10.1. The van der Waals surface area contributed by atoms with E-state index in [0.717, 1.165) is 0 Å². The van der Waals surface area contributed by atoms with Crippen LogP contribution in [0.4, 0.5) is 9.59 Å². The van der Waals surface area contributed by atoms with Crippen LogP contribution in [0.2, 0.25) is 0 Å². The maximum Gasteiger partial charge on any atom is 0.407 e. The third kappa shape index (κ3) is 24.9. The maximum atomic E-state index is 12.9. The highest BCUT2D eigenvalue weighted by Crippen LogP contribution is 2.30. The summed E-state index contributed by atoms with van der Waals surface area (Å²) in [6.07, 6.45) is 3.67. The predicted octanol–water partition coefficient (Wildman–Crippen LogP) is 4.81. The van der Waals surface area contributed by atoms with Crippen LogP contribution in [0.1, 0.15) is 59.1 Å². The molecule has 0 aliphatic heterocycles. The standard InChI is InChI=1S/C45H66N2O16/c1-44(2,3)47(43(53)54)16-20-60-39-14-10-35(32-41(39)62-30-28-58-26-24-56-22-18-49)8-12-37(51)33-36(50)11-7-34-9-13-38(59-19-15-46-42(52)63-45(4,5)6)40(31-34)61-29-27-57-25-23-55-21-17-48/h7-14,31-32,48-49H,15-30,33H2,1-6H3,(H,46,52)(H,53,54)/b11-7+,12-8+. The zero-order valence-electron chi connectivity index (χ0n) is 37.4. The Morgan fingerprint density at radius 2 is 1.02 bits per heavy atom. The Morgan fingerprint density at radius 3 is 1.44 bits per heavy atom. The molecule has 0 saturated carbocycles. The van der Waals surface area contributed by atoms with Crippen molar-refractivity contribution in [2.45, 2.75) is 59.1 Å². The number of carbonyl (C=O) groups excluding carboxylic acids is 3. The van der Waals surface area contributed by atoms with Gasteiger partial charge >= 0.3 is 12.2 Å². The van der Waals surface area contributed by atoms with Crippen LogP contribution < -0.4 is 24.3 Å². The van der Waals surface area contributed by atoms with Gasteiger partial charge in [0.15, 0.2) is 34.6 Å². The van der Waals surface area contributed by atoms with Gasteiger partial charge in [0.25, 0.3) is 0 Å². The first-order valence-corrected chi connectivity index (χ1v) is 20.7. The number of nitrogens with one attached hydrogen (secondary N) is 1. The van der Waals surface area contributed by atoms with Crippen LogP contribution in [-0.4, -0.2) is 161 Å². The Labute approximate surface area is 370 Å². The molecule has 0 spiro atoms. The summed E-state index contributed by atoms with van der Waals surface area (Å²) in [5.74, 6) is 0.594. The quantitative estimate of drug-likeness (QED) is 0.0439. The van der Waals surface area contributed by atoms with Crippen LogP contribution in [0.15, 0.2) is 48.6 Å². The normalized spacial score (nSPS) is 11.7. The van der Waals surface area contributed by atoms with Crippen molar-refractivity contribution >= 4 is 35.9 Å². The van der Waals surface area contributed by atoms with Crippen LogP contribution in [0.25, 0.3) is 12.2 Å². The maximum absolute atomic E-state index is 12.9. The first-order chi connectivity index (χ1) is 30.0. The summed E-state index contributed by atoms with van der Waals surface area (Å²) in [5.41, 5.74) is -0.0871. The molecule has 63 heavy (non-hydrogen) atoms. The summed E-state index contributed by atoms with van der Waals surface area (Å²) in [7, 11) is 0. The molecule has 0 atom stereocenters. The van der Waals surface area contributed by atoms with E-state index < -0.39 is 34.9 Å². The highest BCUT2D eigenvalue weighted by Gasteiger charge is 2.26. The third-order valence-corrected chi connectivity index (χ3v) is 8.03. The molecule has 2 rings (SSSR count). The van der Waals surface area contributed by atoms with Gasteiger partial charge in [-0.25, -0.2) is 9.59 Å². The second-order valence-corrected chi connectivity index (χ2v) is 15.5. The lowest BCUT2D eigenvalue weighted by Gasteiger charge is -2.33. The Bertz CT molecular complexity index is 1730. The fourth-order valence-electron chi connectivity index (χ4n) is 5.18. The Morgan fingerprint density at radius 1 is 0.587 bits per heavy atom. The van der Waals surface area contributed by atoms with Crippen molar-refractivity contribution in [2.24, 2.45) is 0 Å². The number of allylic oxidation sites excluding steroid dienone is 2. The first-order valence-electron chi connectivity index (χ1n) is 20.7. The molecule has 2 amide bonds. The number of alkyl carbamates (subject to hydrolysis) is 1. The van der Waals surface area contributed by atoms with Crippen LogP contribution in [0.5, 0.6) is 23.0 Å². The van der Waals surface area contributed by atoms with E-state index >= 15 is 0 Å². The summed E-state index contributed by atoms with van der Waals surface area (Å²) >= 11 is 0. The van der Waals surface area contributed by atoms with Crippen molar-refractivity contribution in [3.63, 3.8) is 0 Å². The van der Waals surface area contributed by atoms with Crippen molar-refractivity contribution in [2.75, 3.05) is 106 Å². The van der Waals surface area contributed by atoms with E-state index in [1.54, 1.807) is 90.1 Å². The zero-order chi connectivity index (χ0) is 46.5. The number of rotatable bonds is 32. The Kier molecular flexibility index (Phi) is 25.6. The molecule has 18 heteroatoms. The number of ketones is 2. The molecular formula is C45H66N2O16. The molecule has 0 saturated heterocycles. The number of aliphatic hydroxyl groups is 2. The van der Waals surface area contributed by atoms with Crippen LogP contribution >= 0.6 is 0 Å². The van der Waals surface area contributed by atoms with Gasteiger partial charge in [0.1, 0.15) is 32.0 Å². The molecule has 18 nitrogen and oxygen atoms in total. The molecule has 0 heterocycles. The molecule has 0 unspecified atom stereocenters. The van der Waals surface area contributed by atoms with Crippen molar-refractivity contribution in [1.29, 1.82) is 0 Å². The monoisotopic (exact) mass is 890 g/mol. The lowest BCUT2D eigenvalue weighted by Crippen LogP contribution is -2.46. The minimum Gasteiger partial charge on any atom is -0.488 e. The average molecular weight is 891 g/mol. The molecule has 4 N–H and O–H groups in total. The number of hydrogen-bond acceptors (Lipinski definition) is 15. The smallest absolute Gasteiger partial charge is 0.407 e. The fraction of sp³-hybridized carbons (Fsp3) is 0.556. The molecule has 0 aliphatic rings. The van der Waals surface area contributed by atoms with Crippen molar-refractivity contribution < 1.29 is 77.1 Å². The number of ether oxygens (including phenoxy) is 9. The number of carbonyl (C=O) groups is 4. The van der Waals surface area contributed by atoms with Crippen LogP contribution in [0, 0.1) is 0 Å². The molecule has 352 valence electrons. The fourth-order valence-corrected chi connectivity index (χ4v) is 5.18. The number of hydrogen-bond donors (Lipinski definition) is 4. The first kappa shape index (κ1) is 53.9. The second kappa shape index (κ2) is 30.0. The topological polar surface area (TPSA) is 227 Å². The minimum absolute atomic E-state index is 0.0573. The lowest BCUT2D eigenvalue weighted by atomic mass is 10.1. The van der Waals surface area contributed by atoms with E-state index in [-0.39, 0.29) is 85.6 Å². The summed E-state index contributed by atoms with van der Waals surface area (Å²) < 4.78 is 50.3. The highest BCUT2D eigenvalue weighted by atomic mass is 16.6. The van der Waals surface area contributed by atoms with Gasteiger partial charge in [-0.1, -0.05) is 24.3 Å². The SMILES string of the molecule is CC(C)(C)OC(=O)NCCOc1ccc(/C=C/C(=O)CC(=O)/C=C/c2ccc(OCCN(C(=O)O)C(C)(C)C)c(OCCOCCOCCO)c2)cc1OCCOCCOCCO. The van der Waals surface area contributed by atoms with E-state index in [9.17, 15) is 24.3 Å². The van der Waals surface area contributed by atoms with E-state index in [1.807, 2.05) is 0 Å². The molecule has 2 aromatic rings. The largest absolute Gasteiger partial charge is 0.488 e. The van der Waals surface area contributed by atoms with E-state index in [4.69, 9.17) is 52.8 Å². The van der Waals surface area contributed by atoms with Gasteiger partial charge in [0, 0.05) is 5.54 Å². The number of nitrogens with zero attached hydrogens (tertiary/aromatic N) is 1. The van der Waals surface area contributed by atoms with Gasteiger partial charge in [-0.2, -0.15) is 0 Å². The van der Waals surface area contributed by atoms with Crippen molar-refractivity contribution in [3.8, 4) is 23.0 Å². The number of amides is 2. The van der Waals surface area contributed by atoms with E-state index in [1.165, 1.54) is 17.1 Å². The van der Waals surface area contributed by atoms with Gasteiger partial charge in [0.2, 0.25) is 0 Å². The van der Waals surface area contributed by atoms with Crippen LogP contribution in [-0.2, 0) is 33.3 Å². The molecular weight excluding hydrogens is 824 g/mol. The molecule has 0 aliphatic carbocycles. The van der Waals surface area contributed by atoms with Crippen molar-refractivity contribution in [3.05, 3.63) is 59.7 Å². The molecule has 0 aromatic heterocycles. The van der Waals surface area contributed by atoms with Crippen molar-refractivity contribution in [1.82, 2.24) is 10.2 Å². The van der Waals surface area contributed by atoms with Gasteiger partial charge in [-0.3, -0.25) is 9.59 Å². The second-order valence-electron chi connectivity index (χ2n) is 15.5. The number of carboxylic acid groups (broad SMARTS) is 1. The van der Waals surface area contributed by atoms with Gasteiger partial charge in [0.05, 0.1) is 85.6 Å². The number of benzene rings is 2. The predicted molar refractivity (Wildman–Crippen MR) is 234 cm³/mol. The average Bonchev–Trinajstić information content (AvgIpc) is 3.21. The molecule has 0 radical (unpaired) electrons. The molecule has 2 aromatic carbocycles. The Hall–Kier alpha value is -5.24. The van der Waals surface area contributed by atoms with Gasteiger partial charge in [-0.15, -0.1) is 0 Å². The molecule has 0 bridgehead atoms. The zero-order valence-corrected chi connectivity index (χ0v) is 37.4. The summed E-state index contributed by atoms with van der Waals surface area (Å²) in [5, 5.41) is 29.9. The van der Waals surface area contributed by atoms with Gasteiger partial charge < -0.3 is 68.2 Å². The molecule has 0 fully saturated rings. The van der Waals surface area contributed by atoms with Crippen LogP contribution in [0.3, 0.4) is 0 Å². The van der Waals surface area contributed by atoms with E-state index in [0.29, 0.717) is 60.6 Å². The third-order valence-electron chi connectivity index (χ3n) is 8.03. The number of aliphatic hydroxyl groups excluding tert-OH is 2. The lowest BCUT2D eigenvalue weighted by molar-refractivity contribution is -0.121. The highest BCUT2D eigenvalue weighted by molar-refractivity contribution is 6.10. The van der Waals surface area contributed by atoms with E-state index in [2.05, 4.69) is 5.32 Å². The summed E-state index contributed by atoms with van der Waals surface area (Å²) in [4.78, 5) is 50.8. The minimum atomic E-state index is -1.07. The van der Waals surface area contributed by atoms with Gasteiger partial charge in [-0.05, 0) is 89.1 Å².